The van der Waals surface area contributed by atoms with Crippen molar-refractivity contribution in [2.75, 3.05) is 33.4 Å². The van der Waals surface area contributed by atoms with Crippen LogP contribution in [-0.2, 0) is 9.53 Å². The molecule has 1 aromatic rings. The first-order valence-corrected chi connectivity index (χ1v) is 9.94. The van der Waals surface area contributed by atoms with Gasteiger partial charge in [0.1, 0.15) is 11.9 Å². The predicted octanol–water partition coefficient (Wildman–Crippen LogP) is 3.15. The highest BCUT2D eigenvalue weighted by molar-refractivity contribution is 5.80. The highest BCUT2D eigenvalue weighted by Gasteiger charge is 2.26. The second-order valence-electron chi connectivity index (χ2n) is 7.55. The van der Waals surface area contributed by atoms with Gasteiger partial charge in [0.2, 0.25) is 5.91 Å². The molecule has 1 saturated carbocycles. The minimum atomic E-state index is -0.381. The second-order valence-corrected chi connectivity index (χ2v) is 7.55. The van der Waals surface area contributed by atoms with E-state index in [2.05, 4.69) is 22.3 Å². The fourth-order valence-corrected chi connectivity index (χ4v) is 3.50. The summed E-state index contributed by atoms with van der Waals surface area (Å²) >= 11 is 0. The SMILES string of the molecule is COc1ccc(C(CNC(=O)C(C)OCC2CC2)N2CCCCC2)cc1. The fourth-order valence-electron chi connectivity index (χ4n) is 3.50. The molecule has 2 aliphatic rings. The Morgan fingerprint density at radius 2 is 1.88 bits per heavy atom. The first kappa shape index (κ1) is 19.2. The van der Waals surface area contributed by atoms with Crippen LogP contribution in [0, 0.1) is 5.92 Å². The Morgan fingerprint density at radius 3 is 2.50 bits per heavy atom. The van der Waals surface area contributed by atoms with E-state index in [0.29, 0.717) is 19.1 Å². The predicted molar refractivity (Wildman–Crippen MR) is 102 cm³/mol. The van der Waals surface area contributed by atoms with Gasteiger partial charge in [-0.15, -0.1) is 0 Å². The molecule has 2 atom stereocenters. The van der Waals surface area contributed by atoms with E-state index in [-0.39, 0.29) is 18.1 Å². The van der Waals surface area contributed by atoms with E-state index in [4.69, 9.17) is 9.47 Å². The van der Waals surface area contributed by atoms with Crippen molar-refractivity contribution in [1.82, 2.24) is 10.2 Å². The standard InChI is InChI=1S/C21H32N2O3/c1-16(26-15-17-6-7-17)21(24)22-14-20(23-12-4-3-5-13-23)18-8-10-19(25-2)11-9-18/h8-11,16-17,20H,3-7,12-15H2,1-2H3,(H,22,24). The summed E-state index contributed by atoms with van der Waals surface area (Å²) < 4.78 is 11.0. The molecular weight excluding hydrogens is 328 g/mol. The molecule has 1 aliphatic heterocycles. The van der Waals surface area contributed by atoms with Crippen LogP contribution >= 0.6 is 0 Å². The molecule has 2 fully saturated rings. The third-order valence-electron chi connectivity index (χ3n) is 5.45. The number of rotatable bonds is 9. The van der Waals surface area contributed by atoms with Crippen LogP contribution in [0.4, 0.5) is 0 Å². The largest absolute Gasteiger partial charge is 0.497 e. The van der Waals surface area contributed by atoms with Crippen LogP contribution in [0.1, 0.15) is 50.6 Å². The summed E-state index contributed by atoms with van der Waals surface area (Å²) in [7, 11) is 1.68. The van der Waals surface area contributed by atoms with Gasteiger partial charge in [0.05, 0.1) is 19.8 Å². The van der Waals surface area contributed by atoms with E-state index in [0.717, 1.165) is 18.8 Å². The third-order valence-corrected chi connectivity index (χ3v) is 5.45. The molecule has 0 bridgehead atoms. The van der Waals surface area contributed by atoms with E-state index in [1.165, 1.54) is 37.7 Å². The van der Waals surface area contributed by atoms with Crippen molar-refractivity contribution < 1.29 is 14.3 Å². The minimum Gasteiger partial charge on any atom is -0.497 e. The lowest BCUT2D eigenvalue weighted by Crippen LogP contribution is -2.43. The summed E-state index contributed by atoms with van der Waals surface area (Å²) in [5.41, 5.74) is 1.22. The molecule has 0 aromatic heterocycles. The van der Waals surface area contributed by atoms with Crippen LogP contribution in [0.15, 0.2) is 24.3 Å². The number of nitrogens with zero attached hydrogens (tertiary/aromatic N) is 1. The topological polar surface area (TPSA) is 50.8 Å². The number of benzene rings is 1. The Balaban J connectivity index is 1.59. The second kappa shape index (κ2) is 9.38. The maximum atomic E-state index is 12.4. The molecule has 1 amide bonds. The van der Waals surface area contributed by atoms with Crippen LogP contribution in [0.2, 0.25) is 0 Å². The van der Waals surface area contributed by atoms with Crippen LogP contribution in [0.5, 0.6) is 5.75 Å². The zero-order valence-corrected chi connectivity index (χ0v) is 16.1. The number of likely N-dealkylation sites (tertiary alicyclic amines) is 1. The Labute approximate surface area is 157 Å². The van der Waals surface area contributed by atoms with E-state index < -0.39 is 0 Å². The van der Waals surface area contributed by atoms with Gasteiger partial charge in [-0.05, 0) is 69.3 Å². The summed E-state index contributed by atoms with van der Waals surface area (Å²) in [6.45, 7) is 5.34. The highest BCUT2D eigenvalue weighted by Crippen LogP contribution is 2.29. The number of carbonyl (C=O) groups excluding carboxylic acids is 1. The van der Waals surface area contributed by atoms with Gasteiger partial charge >= 0.3 is 0 Å². The van der Waals surface area contributed by atoms with Crippen LogP contribution in [0.25, 0.3) is 0 Å². The van der Waals surface area contributed by atoms with Crippen LogP contribution < -0.4 is 10.1 Å². The lowest BCUT2D eigenvalue weighted by Gasteiger charge is -2.35. The Kier molecular flexibility index (Phi) is 6.92. The summed E-state index contributed by atoms with van der Waals surface area (Å²) in [5, 5.41) is 3.11. The zero-order valence-electron chi connectivity index (χ0n) is 16.1. The van der Waals surface area contributed by atoms with Gasteiger partial charge < -0.3 is 14.8 Å². The molecule has 1 aliphatic carbocycles. The van der Waals surface area contributed by atoms with E-state index in [9.17, 15) is 4.79 Å². The quantitative estimate of drug-likeness (QED) is 0.735. The van der Waals surface area contributed by atoms with Crippen molar-refractivity contribution in [3.05, 3.63) is 29.8 Å². The number of ether oxygens (including phenoxy) is 2. The summed E-state index contributed by atoms with van der Waals surface area (Å²) in [6.07, 6.45) is 5.84. The molecule has 1 N–H and O–H groups in total. The van der Waals surface area contributed by atoms with Crippen molar-refractivity contribution in [2.45, 2.75) is 51.2 Å². The smallest absolute Gasteiger partial charge is 0.248 e. The lowest BCUT2D eigenvalue weighted by molar-refractivity contribution is -0.132. The molecule has 26 heavy (non-hydrogen) atoms. The van der Waals surface area contributed by atoms with E-state index in [1.54, 1.807) is 7.11 Å². The van der Waals surface area contributed by atoms with Gasteiger partial charge in [0.15, 0.2) is 0 Å². The molecule has 1 heterocycles. The number of hydrogen-bond donors (Lipinski definition) is 1. The molecule has 2 unspecified atom stereocenters. The first-order chi connectivity index (χ1) is 12.7. The molecule has 0 spiro atoms. The van der Waals surface area contributed by atoms with Crippen molar-refractivity contribution in [3.8, 4) is 5.75 Å². The lowest BCUT2D eigenvalue weighted by atomic mass is 10.0. The van der Waals surface area contributed by atoms with Gasteiger partial charge in [0, 0.05) is 6.54 Å². The van der Waals surface area contributed by atoms with Gasteiger partial charge in [0.25, 0.3) is 0 Å². The van der Waals surface area contributed by atoms with Crippen molar-refractivity contribution in [3.63, 3.8) is 0 Å². The molecule has 144 valence electrons. The maximum Gasteiger partial charge on any atom is 0.248 e. The first-order valence-electron chi connectivity index (χ1n) is 9.94. The summed E-state index contributed by atoms with van der Waals surface area (Å²) in [6, 6.07) is 8.40. The highest BCUT2D eigenvalue weighted by atomic mass is 16.5. The number of hydrogen-bond acceptors (Lipinski definition) is 4. The van der Waals surface area contributed by atoms with Gasteiger partial charge in [-0.2, -0.15) is 0 Å². The maximum absolute atomic E-state index is 12.4. The number of nitrogens with one attached hydrogen (secondary N) is 1. The van der Waals surface area contributed by atoms with Crippen molar-refractivity contribution in [1.29, 1.82) is 0 Å². The molecule has 5 nitrogen and oxygen atoms in total. The number of piperidine rings is 1. The van der Waals surface area contributed by atoms with Gasteiger partial charge in [-0.3, -0.25) is 9.69 Å². The molecule has 1 saturated heterocycles. The Morgan fingerprint density at radius 1 is 1.19 bits per heavy atom. The molecule has 1 aromatic carbocycles. The normalized spacial score (nSPS) is 20.4. The van der Waals surface area contributed by atoms with E-state index in [1.807, 2.05) is 19.1 Å². The molecular formula is C21H32N2O3. The monoisotopic (exact) mass is 360 g/mol. The summed E-state index contributed by atoms with van der Waals surface area (Å²) in [5.74, 6) is 1.52. The molecule has 3 rings (SSSR count). The third kappa shape index (κ3) is 5.45. The van der Waals surface area contributed by atoms with Crippen LogP contribution in [0.3, 0.4) is 0 Å². The Hall–Kier alpha value is -1.59. The Bertz CT molecular complexity index is 565. The van der Waals surface area contributed by atoms with E-state index >= 15 is 0 Å². The minimum absolute atomic E-state index is 0.0128. The number of amides is 1. The van der Waals surface area contributed by atoms with Crippen molar-refractivity contribution in [2.24, 2.45) is 5.92 Å². The number of methoxy groups -OCH3 is 1. The molecule has 5 heteroatoms. The van der Waals surface area contributed by atoms with Gasteiger partial charge in [-0.1, -0.05) is 18.6 Å². The number of carbonyl (C=O) groups is 1. The average Bonchev–Trinajstić information content (AvgIpc) is 3.52. The van der Waals surface area contributed by atoms with Crippen molar-refractivity contribution >= 4 is 5.91 Å². The van der Waals surface area contributed by atoms with Crippen LogP contribution in [-0.4, -0.2) is 50.3 Å². The molecule has 0 radical (unpaired) electrons. The summed E-state index contributed by atoms with van der Waals surface area (Å²) in [4.78, 5) is 14.9. The average molecular weight is 360 g/mol. The fraction of sp³-hybridized carbons (Fsp3) is 0.667. The van der Waals surface area contributed by atoms with Gasteiger partial charge in [-0.25, -0.2) is 0 Å². The zero-order chi connectivity index (χ0) is 18.4.